The van der Waals surface area contributed by atoms with Gasteiger partial charge < -0.3 is 38.4 Å². The van der Waals surface area contributed by atoms with E-state index >= 15 is 0 Å². The Morgan fingerprint density at radius 2 is 1.83 bits per heavy atom. The van der Waals surface area contributed by atoms with Crippen LogP contribution in [-0.2, 0) is 11.2 Å². The van der Waals surface area contributed by atoms with Crippen LogP contribution in [0.2, 0.25) is 0 Å². The predicted octanol–water partition coefficient (Wildman–Crippen LogP) is 9.12. The van der Waals surface area contributed by atoms with Crippen LogP contribution < -0.4 is 24.2 Å². The molecule has 0 saturated carbocycles. The first-order chi connectivity index (χ1) is 22.6. The van der Waals surface area contributed by atoms with E-state index in [9.17, 15) is 4.79 Å². The zero-order valence-electron chi connectivity index (χ0n) is 27.7. The standard InChI is InChI=1S/C32H42IN6O6PS/c1-8-9-11-20-16-28(35-39(20)46-33)34-22-18-24-21(17-25(22)41-5)30(36-45-24)37-47-29-26(42-6)14-19(15-27(29)43-7)23-12-10-13-38(23)31(40)44-32(2,3)4/h14-18,23,46H,8-13H2,1-7H3,(H,34,35)(H,36,37). The van der Waals surface area contributed by atoms with Crippen molar-refractivity contribution in [1.82, 2.24) is 19.6 Å². The molecule has 0 spiro atoms. The lowest BCUT2D eigenvalue weighted by molar-refractivity contribution is 0.0224. The van der Waals surface area contributed by atoms with Gasteiger partial charge in [-0.2, -0.15) is 5.10 Å². The summed E-state index contributed by atoms with van der Waals surface area (Å²) in [6.07, 6.45) is 5.12. The van der Waals surface area contributed by atoms with Crippen LogP contribution in [0.1, 0.15) is 70.7 Å². The topological polar surface area (TPSA) is 125 Å². The lowest BCUT2D eigenvalue weighted by atomic mass is 10.0. The first kappa shape index (κ1) is 35.2. The minimum absolute atomic E-state index is 0.145. The Morgan fingerprint density at radius 3 is 2.47 bits per heavy atom. The van der Waals surface area contributed by atoms with E-state index < -0.39 is 5.60 Å². The minimum Gasteiger partial charge on any atom is -0.495 e. The highest BCUT2D eigenvalue weighted by Crippen LogP contribution is 2.45. The minimum atomic E-state index is -0.574. The van der Waals surface area contributed by atoms with Gasteiger partial charge in [-0.05, 0) is 104 Å². The van der Waals surface area contributed by atoms with E-state index in [1.165, 1.54) is 17.6 Å². The van der Waals surface area contributed by atoms with Crippen LogP contribution in [0.25, 0.3) is 11.0 Å². The van der Waals surface area contributed by atoms with Crippen molar-refractivity contribution in [1.29, 1.82) is 0 Å². The molecule has 0 radical (unpaired) electrons. The van der Waals surface area contributed by atoms with Crippen molar-refractivity contribution in [3.8, 4) is 17.2 Å². The molecule has 2 aromatic carbocycles. The number of carbonyl (C=O) groups excluding carboxylic acids is 1. The molecule has 2 N–H and O–H groups in total. The summed E-state index contributed by atoms with van der Waals surface area (Å²) in [7, 11) is 4.86. The zero-order chi connectivity index (χ0) is 33.7. The molecule has 0 bridgehead atoms. The van der Waals surface area contributed by atoms with E-state index in [1.807, 2.05) is 49.5 Å². The number of aryl methyl sites for hydroxylation is 1. The van der Waals surface area contributed by atoms with Crippen LogP contribution in [-0.4, -0.2) is 59.2 Å². The lowest BCUT2D eigenvalue weighted by Crippen LogP contribution is -2.36. The van der Waals surface area contributed by atoms with Crippen LogP contribution >= 0.6 is 40.4 Å². The van der Waals surface area contributed by atoms with E-state index in [2.05, 4.69) is 50.2 Å². The molecule has 3 heterocycles. The van der Waals surface area contributed by atoms with Crippen molar-refractivity contribution in [2.75, 3.05) is 37.9 Å². The maximum atomic E-state index is 13.0. The fourth-order valence-electron chi connectivity index (χ4n) is 5.48. The number of rotatable bonds is 13. The van der Waals surface area contributed by atoms with Gasteiger partial charge >= 0.3 is 6.09 Å². The average molecular weight is 797 g/mol. The van der Waals surface area contributed by atoms with E-state index in [0.29, 0.717) is 41.6 Å². The highest BCUT2D eigenvalue weighted by Gasteiger charge is 2.34. The lowest BCUT2D eigenvalue weighted by Gasteiger charge is -2.29. The Kier molecular flexibility index (Phi) is 11.5. The van der Waals surface area contributed by atoms with E-state index in [1.54, 1.807) is 26.2 Å². The molecule has 1 fully saturated rings. The summed E-state index contributed by atoms with van der Waals surface area (Å²) in [5, 5.41) is 13.2. The van der Waals surface area contributed by atoms with E-state index in [-0.39, 0.29) is 12.1 Å². The number of ether oxygens (including phenoxy) is 4. The summed E-state index contributed by atoms with van der Waals surface area (Å²) < 4.78 is 34.1. The van der Waals surface area contributed by atoms with Crippen LogP contribution in [0.4, 0.5) is 22.1 Å². The van der Waals surface area contributed by atoms with Gasteiger partial charge in [0.1, 0.15) is 27.7 Å². The van der Waals surface area contributed by atoms with Gasteiger partial charge in [0, 0.05) is 24.4 Å². The van der Waals surface area contributed by atoms with Crippen LogP contribution in [0.5, 0.6) is 17.2 Å². The van der Waals surface area contributed by atoms with Gasteiger partial charge in [-0.3, -0.25) is 0 Å². The monoisotopic (exact) mass is 796 g/mol. The normalized spacial score (nSPS) is 15.1. The summed E-state index contributed by atoms with van der Waals surface area (Å²) in [6.45, 7) is 8.44. The van der Waals surface area contributed by atoms with Crippen molar-refractivity contribution in [2.45, 2.75) is 76.3 Å². The Morgan fingerprint density at radius 1 is 1.11 bits per heavy atom. The number of benzene rings is 2. The van der Waals surface area contributed by atoms with E-state index in [0.717, 1.165) is 59.5 Å². The molecule has 2 aromatic heterocycles. The van der Waals surface area contributed by atoms with Crippen LogP contribution in [0.3, 0.4) is 0 Å². The molecular formula is C32H42IN6O6PS. The second-order valence-electron chi connectivity index (χ2n) is 12.1. The molecule has 2 atom stereocenters. The van der Waals surface area contributed by atoms with Crippen LogP contribution in [0.15, 0.2) is 39.8 Å². The second-order valence-corrected chi connectivity index (χ2v) is 15.0. The maximum Gasteiger partial charge on any atom is 0.410 e. The molecule has 1 aliphatic rings. The summed E-state index contributed by atoms with van der Waals surface area (Å²) in [6, 6.07) is 9.60. The van der Waals surface area contributed by atoms with Gasteiger partial charge in [-0.1, -0.05) is 18.5 Å². The van der Waals surface area contributed by atoms with Gasteiger partial charge in [-0.25, -0.2) is 9.25 Å². The number of carbonyl (C=O) groups is 1. The number of aromatic nitrogens is 3. The van der Waals surface area contributed by atoms with Crippen molar-refractivity contribution in [3.05, 3.63) is 41.6 Å². The zero-order valence-corrected chi connectivity index (χ0v) is 31.7. The Labute approximate surface area is 294 Å². The highest BCUT2D eigenvalue weighted by atomic mass is 127. The van der Waals surface area contributed by atoms with Gasteiger partial charge in [0.25, 0.3) is 0 Å². The average Bonchev–Trinajstić information content (AvgIpc) is 3.79. The summed E-state index contributed by atoms with van der Waals surface area (Å²) in [4.78, 5) is 15.5. The number of hydrogen-bond acceptors (Lipinski definition) is 11. The fraction of sp³-hybridized carbons (Fsp3) is 0.469. The number of amides is 1. The van der Waals surface area contributed by atoms with Gasteiger partial charge in [0.15, 0.2) is 17.2 Å². The number of halogens is 1. The molecule has 254 valence electrons. The number of unbranched alkanes of at least 4 members (excludes halogenated alkanes) is 1. The third kappa shape index (κ3) is 8.14. The number of hydrogen-bond donors (Lipinski definition) is 2. The third-order valence-corrected chi connectivity index (χ3v) is 10.5. The summed E-state index contributed by atoms with van der Waals surface area (Å²) >= 11 is 3.65. The molecule has 1 saturated heterocycles. The van der Waals surface area contributed by atoms with Crippen LogP contribution in [0, 0.1) is 0 Å². The number of nitrogens with zero attached hydrogens (tertiary/aromatic N) is 4. The number of methoxy groups -OCH3 is 3. The molecular weight excluding hydrogens is 754 g/mol. The smallest absolute Gasteiger partial charge is 0.410 e. The predicted molar refractivity (Wildman–Crippen MR) is 196 cm³/mol. The number of nitrogens with one attached hydrogen (secondary N) is 2. The Bertz CT molecular complexity index is 1680. The first-order valence-corrected chi connectivity index (χ1v) is 20.3. The SMILES string of the molecule is CCCCc1cc(Nc2cc3onc(NSc4c(OC)cc(C5CCCN5C(=O)OC(C)(C)C)cc4OC)c3cc2OC)nn1PI. The van der Waals surface area contributed by atoms with Crippen molar-refractivity contribution < 1.29 is 28.3 Å². The molecule has 0 aliphatic carbocycles. The van der Waals surface area contributed by atoms with Gasteiger partial charge in [-0.15, -0.1) is 0 Å². The van der Waals surface area contributed by atoms with E-state index in [4.69, 9.17) is 28.6 Å². The maximum absolute atomic E-state index is 13.0. The summed E-state index contributed by atoms with van der Waals surface area (Å²) in [5.74, 6) is 3.11. The first-order valence-electron chi connectivity index (χ1n) is 15.5. The highest BCUT2D eigenvalue weighted by molar-refractivity contribution is 14.2. The van der Waals surface area contributed by atoms with Crippen molar-refractivity contribution >= 4 is 74.7 Å². The molecule has 47 heavy (non-hydrogen) atoms. The van der Waals surface area contributed by atoms with Crippen molar-refractivity contribution in [2.24, 2.45) is 0 Å². The molecule has 12 nitrogen and oxygen atoms in total. The number of fused-ring (bicyclic) bond motifs is 1. The number of anilines is 3. The van der Waals surface area contributed by atoms with Gasteiger partial charge in [0.2, 0.25) is 0 Å². The molecule has 1 amide bonds. The molecule has 2 unspecified atom stereocenters. The van der Waals surface area contributed by atoms with Gasteiger partial charge in [0.05, 0.1) is 44.8 Å². The third-order valence-electron chi connectivity index (χ3n) is 7.70. The molecule has 1 aliphatic heterocycles. The summed E-state index contributed by atoms with van der Waals surface area (Å²) in [5.41, 5.74) is 2.85. The fourth-order valence-corrected chi connectivity index (χ4v) is 7.99. The van der Waals surface area contributed by atoms with Crippen molar-refractivity contribution in [3.63, 3.8) is 0 Å². The Hall–Kier alpha value is -3.10. The largest absolute Gasteiger partial charge is 0.495 e. The molecule has 5 rings (SSSR count). The molecule has 4 aromatic rings. The number of likely N-dealkylation sites (tertiary alicyclic amines) is 1. The molecule has 15 heteroatoms. The Balaban J connectivity index is 1.36. The second kappa shape index (κ2) is 15.4. The quantitative estimate of drug-likeness (QED) is 0.0765.